The van der Waals surface area contributed by atoms with Crippen molar-refractivity contribution in [1.29, 1.82) is 0 Å². The predicted molar refractivity (Wildman–Crippen MR) is 80.4 cm³/mol. The predicted octanol–water partition coefficient (Wildman–Crippen LogP) is 3.66. The van der Waals surface area contributed by atoms with Crippen molar-refractivity contribution in [2.45, 2.75) is 37.5 Å². The fourth-order valence-corrected chi connectivity index (χ4v) is 3.91. The van der Waals surface area contributed by atoms with Crippen LogP contribution in [0.2, 0.25) is 5.02 Å². The maximum absolute atomic E-state index is 12.1. The summed E-state index contributed by atoms with van der Waals surface area (Å²) in [6.45, 7) is 6.37. The van der Waals surface area contributed by atoms with E-state index in [0.717, 1.165) is 6.42 Å². The minimum Gasteiger partial charge on any atom is -0.210 e. The Balaban J connectivity index is 2.70. The molecule has 6 heteroatoms. The fraction of sp³-hybridized carbons (Fsp3) is 0.538. The first-order valence-electron chi connectivity index (χ1n) is 6.00. The molecule has 1 unspecified atom stereocenters. The molecule has 1 aromatic carbocycles. The van der Waals surface area contributed by atoms with E-state index in [0.29, 0.717) is 0 Å². The number of hydrogen-bond donors (Lipinski definition) is 1. The maximum atomic E-state index is 12.1. The van der Waals surface area contributed by atoms with Crippen LogP contribution in [0.25, 0.3) is 0 Å². The highest BCUT2D eigenvalue weighted by atomic mass is 35.5. The van der Waals surface area contributed by atoms with Gasteiger partial charge in [-0.1, -0.05) is 44.5 Å². The van der Waals surface area contributed by atoms with E-state index in [2.05, 4.69) is 25.5 Å². The van der Waals surface area contributed by atoms with Crippen LogP contribution in [0, 0.1) is 5.41 Å². The standard InChI is InChI=1S/C13H19Cl2NO2S/c1-13(2,3)8-10(14)9-16-19(17,18)12-7-5-4-6-11(12)15/h4-7,10,16H,8-9H2,1-3H3. The number of sulfonamides is 1. The van der Waals surface area contributed by atoms with Crippen LogP contribution in [0.4, 0.5) is 0 Å². The molecule has 0 aliphatic rings. The zero-order chi connectivity index (χ0) is 14.7. The zero-order valence-electron chi connectivity index (χ0n) is 11.3. The minimum absolute atomic E-state index is 0.0578. The maximum Gasteiger partial charge on any atom is 0.242 e. The molecule has 19 heavy (non-hydrogen) atoms. The summed E-state index contributed by atoms with van der Waals surface area (Å²) in [5.41, 5.74) is 0.0578. The molecular weight excluding hydrogens is 305 g/mol. The van der Waals surface area contributed by atoms with Gasteiger partial charge in [0.05, 0.1) is 5.02 Å². The number of nitrogens with one attached hydrogen (secondary N) is 1. The van der Waals surface area contributed by atoms with Crippen LogP contribution in [-0.2, 0) is 10.0 Å². The molecule has 0 fully saturated rings. The molecule has 0 aliphatic heterocycles. The first-order valence-corrected chi connectivity index (χ1v) is 8.30. The van der Waals surface area contributed by atoms with Gasteiger partial charge in [-0.15, -0.1) is 11.6 Å². The van der Waals surface area contributed by atoms with Crippen LogP contribution in [0.15, 0.2) is 29.2 Å². The summed E-state index contributed by atoms with van der Waals surface area (Å²) in [4.78, 5) is 0.0799. The lowest BCUT2D eigenvalue weighted by molar-refractivity contribution is 0.369. The Morgan fingerprint density at radius 2 is 1.84 bits per heavy atom. The quantitative estimate of drug-likeness (QED) is 0.840. The Morgan fingerprint density at radius 3 is 2.37 bits per heavy atom. The van der Waals surface area contributed by atoms with Crippen molar-refractivity contribution >= 4 is 33.2 Å². The molecule has 3 nitrogen and oxygen atoms in total. The summed E-state index contributed by atoms with van der Waals surface area (Å²) in [5.74, 6) is 0. The summed E-state index contributed by atoms with van der Waals surface area (Å²) in [6.07, 6.45) is 0.722. The van der Waals surface area contributed by atoms with Crippen LogP contribution >= 0.6 is 23.2 Å². The number of halogens is 2. The van der Waals surface area contributed by atoms with Crippen molar-refractivity contribution in [3.05, 3.63) is 29.3 Å². The van der Waals surface area contributed by atoms with Crippen molar-refractivity contribution in [3.63, 3.8) is 0 Å². The number of benzene rings is 1. The second kappa shape index (κ2) is 6.44. The largest absolute Gasteiger partial charge is 0.242 e. The second-order valence-electron chi connectivity index (χ2n) is 5.64. The van der Waals surface area contributed by atoms with Crippen molar-refractivity contribution in [2.24, 2.45) is 5.41 Å². The van der Waals surface area contributed by atoms with E-state index < -0.39 is 10.0 Å². The third kappa shape index (κ3) is 5.69. The van der Waals surface area contributed by atoms with Crippen molar-refractivity contribution < 1.29 is 8.42 Å². The molecule has 0 aliphatic carbocycles. The van der Waals surface area contributed by atoms with Gasteiger partial charge < -0.3 is 0 Å². The molecule has 1 rings (SSSR count). The van der Waals surface area contributed by atoms with Gasteiger partial charge in [0.1, 0.15) is 4.90 Å². The lowest BCUT2D eigenvalue weighted by atomic mass is 9.90. The Morgan fingerprint density at radius 1 is 1.26 bits per heavy atom. The van der Waals surface area contributed by atoms with Gasteiger partial charge in [-0.05, 0) is 24.0 Å². The Labute approximate surface area is 125 Å². The van der Waals surface area contributed by atoms with Gasteiger partial charge in [-0.2, -0.15) is 0 Å². The van der Waals surface area contributed by atoms with Gasteiger partial charge in [0.2, 0.25) is 10.0 Å². The fourth-order valence-electron chi connectivity index (χ4n) is 1.68. The summed E-state index contributed by atoms with van der Waals surface area (Å²) >= 11 is 12.0. The molecule has 0 aromatic heterocycles. The van der Waals surface area contributed by atoms with E-state index >= 15 is 0 Å². The zero-order valence-corrected chi connectivity index (χ0v) is 13.6. The normalized spacial score (nSPS) is 14.4. The van der Waals surface area contributed by atoms with E-state index in [1.807, 2.05) is 0 Å². The molecule has 0 amide bonds. The van der Waals surface area contributed by atoms with Gasteiger partial charge in [0.25, 0.3) is 0 Å². The SMILES string of the molecule is CC(C)(C)CC(Cl)CNS(=O)(=O)c1ccccc1Cl. The van der Waals surface area contributed by atoms with E-state index in [9.17, 15) is 8.42 Å². The lowest BCUT2D eigenvalue weighted by Gasteiger charge is -2.22. The van der Waals surface area contributed by atoms with Crippen molar-refractivity contribution in [3.8, 4) is 0 Å². The molecule has 108 valence electrons. The van der Waals surface area contributed by atoms with Crippen LogP contribution < -0.4 is 4.72 Å². The third-order valence-corrected chi connectivity index (χ3v) is 4.69. The Kier molecular flexibility index (Phi) is 5.68. The van der Waals surface area contributed by atoms with Crippen molar-refractivity contribution in [2.75, 3.05) is 6.54 Å². The molecule has 0 radical (unpaired) electrons. The van der Waals surface area contributed by atoms with Crippen LogP contribution in [0.3, 0.4) is 0 Å². The van der Waals surface area contributed by atoms with Crippen molar-refractivity contribution in [1.82, 2.24) is 4.72 Å². The van der Waals surface area contributed by atoms with Gasteiger partial charge in [-0.3, -0.25) is 0 Å². The summed E-state index contributed by atoms with van der Waals surface area (Å²) in [6, 6.07) is 6.33. The Hall–Kier alpha value is -0.290. The number of alkyl halides is 1. The summed E-state index contributed by atoms with van der Waals surface area (Å²) in [5, 5.41) is -0.0470. The molecule has 0 spiro atoms. The smallest absolute Gasteiger partial charge is 0.210 e. The highest BCUT2D eigenvalue weighted by molar-refractivity contribution is 7.89. The lowest BCUT2D eigenvalue weighted by Crippen LogP contribution is -2.31. The summed E-state index contributed by atoms with van der Waals surface area (Å²) in [7, 11) is -3.61. The van der Waals surface area contributed by atoms with Crippen LogP contribution in [0.1, 0.15) is 27.2 Å². The molecule has 1 N–H and O–H groups in total. The molecule has 0 saturated carbocycles. The van der Waals surface area contributed by atoms with Gasteiger partial charge >= 0.3 is 0 Å². The average molecular weight is 324 g/mol. The molecule has 1 atom stereocenters. The molecule has 1 aromatic rings. The van der Waals surface area contributed by atoms with Gasteiger partial charge in [-0.25, -0.2) is 13.1 Å². The van der Waals surface area contributed by atoms with Gasteiger partial charge in [0, 0.05) is 11.9 Å². The first kappa shape index (κ1) is 16.8. The van der Waals surface area contributed by atoms with E-state index in [1.165, 1.54) is 6.07 Å². The molecule has 0 saturated heterocycles. The molecule has 0 bridgehead atoms. The first-order chi connectivity index (χ1) is 8.62. The van der Waals surface area contributed by atoms with Crippen LogP contribution in [-0.4, -0.2) is 20.3 Å². The van der Waals surface area contributed by atoms with Crippen LogP contribution in [0.5, 0.6) is 0 Å². The number of rotatable bonds is 5. The Bertz CT molecular complexity index is 524. The highest BCUT2D eigenvalue weighted by Crippen LogP contribution is 2.24. The van der Waals surface area contributed by atoms with Gasteiger partial charge in [0.15, 0.2) is 0 Å². The third-order valence-electron chi connectivity index (χ3n) is 2.45. The number of hydrogen-bond acceptors (Lipinski definition) is 2. The highest BCUT2D eigenvalue weighted by Gasteiger charge is 2.21. The minimum atomic E-state index is -3.61. The average Bonchev–Trinajstić information content (AvgIpc) is 2.24. The molecular formula is C13H19Cl2NO2S. The van der Waals surface area contributed by atoms with E-state index in [1.54, 1.807) is 18.2 Å². The monoisotopic (exact) mass is 323 g/mol. The van der Waals surface area contributed by atoms with E-state index in [4.69, 9.17) is 23.2 Å². The molecule has 0 heterocycles. The summed E-state index contributed by atoms with van der Waals surface area (Å²) < 4.78 is 26.6. The second-order valence-corrected chi connectivity index (χ2v) is 8.40. The topological polar surface area (TPSA) is 46.2 Å². The van der Waals surface area contributed by atoms with E-state index in [-0.39, 0.29) is 27.3 Å².